The molecule has 0 unspecified atom stereocenters. The minimum Gasteiger partial charge on any atom is -0.208 e. The minimum atomic E-state index is 0.655. The van der Waals surface area contributed by atoms with Crippen molar-refractivity contribution >= 4 is 31.5 Å². The first-order valence-corrected chi connectivity index (χ1v) is 17.6. The Balaban J connectivity index is 1.12. The molecule has 0 aliphatic carbocycles. The predicted molar refractivity (Wildman–Crippen MR) is 210 cm³/mol. The van der Waals surface area contributed by atoms with Gasteiger partial charge in [-0.1, -0.05) is 158 Å². The van der Waals surface area contributed by atoms with Crippen molar-refractivity contribution < 1.29 is 0 Å². The van der Waals surface area contributed by atoms with E-state index in [0.29, 0.717) is 17.5 Å². The van der Waals surface area contributed by atoms with Crippen LogP contribution in [0.2, 0.25) is 0 Å². The first-order chi connectivity index (χ1) is 24.7. The van der Waals surface area contributed by atoms with E-state index < -0.39 is 0 Å². The number of hydrogen-bond donors (Lipinski definition) is 0. The molecule has 7 aromatic carbocycles. The Hall–Kier alpha value is -6.23. The summed E-state index contributed by atoms with van der Waals surface area (Å²) in [6, 6.07) is 59.8. The molecule has 236 valence electrons. The summed E-state index contributed by atoms with van der Waals surface area (Å²) in [4.78, 5) is 15.0. The molecule has 0 aliphatic rings. The average molecular weight is 658 g/mol. The quantitative estimate of drug-likeness (QED) is 0.179. The fourth-order valence-corrected chi connectivity index (χ4v) is 7.90. The molecular formula is C46H31N3S. The summed E-state index contributed by atoms with van der Waals surface area (Å²) in [5, 5.41) is 2.52. The van der Waals surface area contributed by atoms with Gasteiger partial charge in [0, 0.05) is 36.9 Å². The molecule has 2 aromatic heterocycles. The van der Waals surface area contributed by atoms with E-state index in [1.807, 2.05) is 41.7 Å². The van der Waals surface area contributed by atoms with Gasteiger partial charge in [-0.15, -0.1) is 11.3 Å². The van der Waals surface area contributed by atoms with E-state index in [0.717, 1.165) is 16.7 Å². The highest BCUT2D eigenvalue weighted by Crippen LogP contribution is 2.42. The van der Waals surface area contributed by atoms with Crippen LogP contribution in [0.3, 0.4) is 0 Å². The van der Waals surface area contributed by atoms with Gasteiger partial charge in [-0.05, 0) is 58.0 Å². The van der Waals surface area contributed by atoms with Crippen LogP contribution in [0.4, 0.5) is 0 Å². The molecule has 0 bridgehead atoms. The fraction of sp³-hybridized carbons (Fsp3) is 0.0217. The number of nitrogens with zero attached hydrogens (tertiary/aromatic N) is 3. The largest absolute Gasteiger partial charge is 0.208 e. The molecule has 0 atom stereocenters. The van der Waals surface area contributed by atoms with Crippen molar-refractivity contribution in [3.63, 3.8) is 0 Å². The van der Waals surface area contributed by atoms with E-state index in [1.165, 1.54) is 59.1 Å². The predicted octanol–water partition coefficient (Wildman–Crippen LogP) is 12.5. The van der Waals surface area contributed by atoms with Crippen molar-refractivity contribution in [1.29, 1.82) is 0 Å². The van der Waals surface area contributed by atoms with Gasteiger partial charge in [-0.2, -0.15) is 0 Å². The van der Waals surface area contributed by atoms with Gasteiger partial charge in [-0.25, -0.2) is 15.0 Å². The molecule has 9 aromatic rings. The van der Waals surface area contributed by atoms with Gasteiger partial charge in [0.15, 0.2) is 17.5 Å². The molecule has 0 radical (unpaired) electrons. The van der Waals surface area contributed by atoms with Crippen molar-refractivity contribution in [1.82, 2.24) is 15.0 Å². The molecule has 0 saturated heterocycles. The first kappa shape index (κ1) is 29.9. The van der Waals surface area contributed by atoms with Crippen LogP contribution in [-0.4, -0.2) is 15.0 Å². The zero-order valence-corrected chi connectivity index (χ0v) is 28.2. The number of hydrogen-bond acceptors (Lipinski definition) is 4. The maximum absolute atomic E-state index is 5.06. The number of aromatic nitrogens is 3. The third kappa shape index (κ3) is 5.56. The van der Waals surface area contributed by atoms with Crippen LogP contribution < -0.4 is 0 Å². The van der Waals surface area contributed by atoms with E-state index in [-0.39, 0.29) is 0 Å². The zero-order valence-electron chi connectivity index (χ0n) is 27.4. The second-order valence-electron chi connectivity index (χ2n) is 12.5. The Morgan fingerprint density at radius 1 is 0.360 bits per heavy atom. The lowest BCUT2D eigenvalue weighted by Gasteiger charge is -2.10. The van der Waals surface area contributed by atoms with Crippen molar-refractivity contribution in [2.75, 3.05) is 0 Å². The van der Waals surface area contributed by atoms with Crippen LogP contribution >= 0.6 is 11.3 Å². The van der Waals surface area contributed by atoms with Crippen molar-refractivity contribution in [2.45, 2.75) is 6.92 Å². The highest BCUT2D eigenvalue weighted by Gasteiger charge is 2.16. The van der Waals surface area contributed by atoms with Crippen molar-refractivity contribution in [3.8, 4) is 67.5 Å². The monoisotopic (exact) mass is 657 g/mol. The van der Waals surface area contributed by atoms with Crippen LogP contribution in [-0.2, 0) is 0 Å². The van der Waals surface area contributed by atoms with Crippen LogP contribution in [0.15, 0.2) is 170 Å². The Labute approximate surface area is 295 Å². The molecule has 0 amide bonds. The maximum Gasteiger partial charge on any atom is 0.164 e. The standard InChI is InChI=1S/C46H31N3S/c1-30-11-8-9-16-38(30)33-23-25-36(26-24-33)45-47-44(35-14-6-3-7-15-35)48-46(49-45)37-27-28-40-42(29-37)50-41-18-10-17-39(43(40)41)34-21-19-32(20-22-34)31-12-4-2-5-13-31/h2-29H,1H3. The molecule has 0 fully saturated rings. The van der Waals surface area contributed by atoms with E-state index in [1.54, 1.807) is 0 Å². The second kappa shape index (κ2) is 12.7. The van der Waals surface area contributed by atoms with Crippen molar-refractivity contribution in [3.05, 3.63) is 175 Å². The van der Waals surface area contributed by atoms with Gasteiger partial charge >= 0.3 is 0 Å². The summed E-state index contributed by atoms with van der Waals surface area (Å²) < 4.78 is 2.47. The highest BCUT2D eigenvalue weighted by atomic mass is 32.1. The number of rotatable bonds is 6. The maximum atomic E-state index is 5.06. The fourth-order valence-electron chi connectivity index (χ4n) is 6.72. The Morgan fingerprint density at radius 3 is 1.52 bits per heavy atom. The molecule has 0 N–H and O–H groups in total. The topological polar surface area (TPSA) is 38.7 Å². The molecule has 4 heteroatoms. The second-order valence-corrected chi connectivity index (χ2v) is 13.6. The normalized spacial score (nSPS) is 11.3. The van der Waals surface area contributed by atoms with Gasteiger partial charge in [0.1, 0.15) is 0 Å². The summed E-state index contributed by atoms with van der Waals surface area (Å²) in [5.41, 5.74) is 11.4. The van der Waals surface area contributed by atoms with Gasteiger partial charge in [-0.3, -0.25) is 0 Å². The summed E-state index contributed by atoms with van der Waals surface area (Å²) in [6.45, 7) is 2.14. The lowest BCUT2D eigenvalue weighted by Crippen LogP contribution is -2.00. The third-order valence-electron chi connectivity index (χ3n) is 9.32. The van der Waals surface area contributed by atoms with E-state index in [2.05, 4.69) is 146 Å². The van der Waals surface area contributed by atoms with Gasteiger partial charge in [0.25, 0.3) is 0 Å². The minimum absolute atomic E-state index is 0.655. The Kier molecular flexibility index (Phi) is 7.57. The smallest absolute Gasteiger partial charge is 0.164 e. The Morgan fingerprint density at radius 2 is 0.840 bits per heavy atom. The third-order valence-corrected chi connectivity index (χ3v) is 10.4. The summed E-state index contributed by atoms with van der Waals surface area (Å²) >= 11 is 1.81. The van der Waals surface area contributed by atoms with E-state index in [9.17, 15) is 0 Å². The summed E-state index contributed by atoms with van der Waals surface area (Å²) in [7, 11) is 0. The van der Waals surface area contributed by atoms with E-state index >= 15 is 0 Å². The molecule has 0 spiro atoms. The summed E-state index contributed by atoms with van der Waals surface area (Å²) in [5.74, 6) is 1.97. The number of thiophene rings is 1. The van der Waals surface area contributed by atoms with Gasteiger partial charge in [0.2, 0.25) is 0 Å². The Bertz CT molecular complexity index is 2630. The molecular weight excluding hydrogens is 627 g/mol. The molecule has 0 aliphatic heterocycles. The van der Waals surface area contributed by atoms with Gasteiger partial charge < -0.3 is 0 Å². The highest BCUT2D eigenvalue weighted by molar-refractivity contribution is 7.26. The van der Waals surface area contributed by atoms with Crippen LogP contribution in [0, 0.1) is 6.92 Å². The van der Waals surface area contributed by atoms with Crippen LogP contribution in [0.5, 0.6) is 0 Å². The van der Waals surface area contributed by atoms with Gasteiger partial charge in [0.05, 0.1) is 0 Å². The summed E-state index contributed by atoms with van der Waals surface area (Å²) in [6.07, 6.45) is 0. The lowest BCUT2D eigenvalue weighted by molar-refractivity contribution is 1.07. The zero-order chi connectivity index (χ0) is 33.4. The van der Waals surface area contributed by atoms with E-state index in [4.69, 9.17) is 15.0 Å². The average Bonchev–Trinajstić information content (AvgIpc) is 3.57. The number of fused-ring (bicyclic) bond motifs is 3. The molecule has 3 nitrogen and oxygen atoms in total. The molecule has 50 heavy (non-hydrogen) atoms. The van der Waals surface area contributed by atoms with Crippen LogP contribution in [0.25, 0.3) is 87.7 Å². The molecule has 0 saturated carbocycles. The number of aryl methyl sites for hydroxylation is 1. The lowest BCUT2D eigenvalue weighted by atomic mass is 9.97. The first-order valence-electron chi connectivity index (χ1n) is 16.8. The SMILES string of the molecule is Cc1ccccc1-c1ccc(-c2nc(-c3ccccc3)nc(-c3ccc4c(c3)sc3cccc(-c5ccc(-c6ccccc6)cc5)c34)n2)cc1. The van der Waals surface area contributed by atoms with Crippen LogP contribution in [0.1, 0.15) is 5.56 Å². The molecule has 2 heterocycles. The molecule has 9 rings (SSSR count). The van der Waals surface area contributed by atoms with Crippen molar-refractivity contribution in [2.24, 2.45) is 0 Å². The number of benzene rings is 7.